The predicted octanol–water partition coefficient (Wildman–Crippen LogP) is 4.24. The van der Waals surface area contributed by atoms with Crippen LogP contribution in [0.1, 0.15) is 49.1 Å². The number of aryl methyl sites for hydroxylation is 1. The summed E-state index contributed by atoms with van der Waals surface area (Å²) < 4.78 is 35.7. The number of ether oxygens (including phenoxy) is 1. The highest BCUT2D eigenvalue weighted by Gasteiger charge is 2.28. The lowest BCUT2D eigenvalue weighted by molar-refractivity contribution is 0.0320. The summed E-state index contributed by atoms with van der Waals surface area (Å²) in [6, 6.07) is 5.00. The van der Waals surface area contributed by atoms with E-state index < -0.39 is 11.6 Å². The Kier molecular flexibility index (Phi) is 7.35. The van der Waals surface area contributed by atoms with Crippen LogP contribution in [0.2, 0.25) is 0 Å². The predicted molar refractivity (Wildman–Crippen MR) is 132 cm³/mol. The van der Waals surface area contributed by atoms with E-state index in [2.05, 4.69) is 9.98 Å². The van der Waals surface area contributed by atoms with Gasteiger partial charge in [0.2, 0.25) is 0 Å². The van der Waals surface area contributed by atoms with Gasteiger partial charge in [-0.05, 0) is 45.2 Å². The van der Waals surface area contributed by atoms with Crippen LogP contribution in [0.15, 0.2) is 45.8 Å². The molecule has 1 fully saturated rings. The van der Waals surface area contributed by atoms with Crippen LogP contribution >= 0.6 is 0 Å². The number of aromatic nitrogens is 3. The van der Waals surface area contributed by atoms with Gasteiger partial charge in [0.25, 0.3) is 5.56 Å². The van der Waals surface area contributed by atoms with E-state index in [4.69, 9.17) is 15.5 Å². The van der Waals surface area contributed by atoms with E-state index in [0.717, 1.165) is 24.1 Å². The van der Waals surface area contributed by atoms with Crippen LogP contribution in [-0.2, 0) is 4.74 Å². The van der Waals surface area contributed by atoms with Gasteiger partial charge in [-0.15, -0.1) is 0 Å². The number of nitrogens with zero attached hydrogens (tertiary/aromatic N) is 4. The van der Waals surface area contributed by atoms with Gasteiger partial charge in [-0.3, -0.25) is 9.79 Å². The van der Waals surface area contributed by atoms with Gasteiger partial charge in [0.05, 0.1) is 11.7 Å². The van der Waals surface area contributed by atoms with E-state index >= 15 is 0 Å². The van der Waals surface area contributed by atoms with Crippen molar-refractivity contribution in [2.24, 2.45) is 10.7 Å². The molecule has 1 aliphatic heterocycles. The molecule has 0 amide bonds. The summed E-state index contributed by atoms with van der Waals surface area (Å²) in [5.41, 5.74) is 8.38. The van der Waals surface area contributed by atoms with Crippen LogP contribution in [0.5, 0.6) is 0 Å². The minimum absolute atomic E-state index is 0.0308. The highest BCUT2D eigenvalue weighted by atomic mass is 19.1. The smallest absolute Gasteiger partial charge is 0.262 e. The lowest BCUT2D eigenvalue weighted by Gasteiger charge is -2.30. The minimum atomic E-state index is -0.800. The number of nitrogens with two attached hydrogens (primary N) is 1. The molecule has 7 nitrogen and oxygen atoms in total. The summed E-state index contributed by atoms with van der Waals surface area (Å²) in [6.07, 6.45) is 5.19. The van der Waals surface area contributed by atoms with Gasteiger partial charge in [0.15, 0.2) is 5.82 Å². The first kappa shape index (κ1) is 24.7. The van der Waals surface area contributed by atoms with Crippen LogP contribution in [0.3, 0.4) is 0 Å². The quantitative estimate of drug-likeness (QED) is 0.532. The monoisotopic (exact) mass is 481 g/mol. The molecule has 0 radical (unpaired) electrons. The van der Waals surface area contributed by atoms with Crippen molar-refractivity contribution < 1.29 is 13.5 Å². The van der Waals surface area contributed by atoms with Gasteiger partial charge in [0.1, 0.15) is 17.3 Å². The molecule has 1 aliphatic rings. The van der Waals surface area contributed by atoms with Crippen molar-refractivity contribution >= 4 is 11.9 Å². The number of benzene rings is 1. The number of hydrogen-bond donors (Lipinski definition) is 1. The molecule has 2 aromatic heterocycles. The third kappa shape index (κ3) is 5.00. The Balaban J connectivity index is 1.83. The van der Waals surface area contributed by atoms with Gasteiger partial charge in [-0.1, -0.05) is 6.92 Å². The Morgan fingerprint density at radius 1 is 1.29 bits per heavy atom. The standard InChI is InChI=1S/C26H29F2N5O2/c1-4-8-30-14-18(13-29)23-10-17(7-9-35-23)22-12-24-31-16(3)15(2)26(34)33(24)25(32-22)20-6-5-19(27)11-21(20)28/h5-6,11-14,17,23H,4,7-10,29H2,1-3H3/b18-13+,30-14?. The fourth-order valence-corrected chi connectivity index (χ4v) is 4.26. The molecule has 4 rings (SSSR count). The van der Waals surface area contributed by atoms with Crippen LogP contribution in [-0.4, -0.2) is 39.8 Å². The van der Waals surface area contributed by atoms with Gasteiger partial charge in [-0.25, -0.2) is 23.1 Å². The zero-order chi connectivity index (χ0) is 25.1. The van der Waals surface area contributed by atoms with Crippen molar-refractivity contribution in [2.45, 2.75) is 52.1 Å². The molecule has 35 heavy (non-hydrogen) atoms. The number of halogens is 2. The fourth-order valence-electron chi connectivity index (χ4n) is 4.26. The minimum Gasteiger partial charge on any atom is -0.404 e. The normalized spacial score (nSPS) is 19.1. The average molecular weight is 482 g/mol. The molecule has 2 unspecified atom stereocenters. The maximum atomic E-state index is 14.8. The second-order valence-corrected chi connectivity index (χ2v) is 8.73. The van der Waals surface area contributed by atoms with E-state index in [1.807, 2.05) is 6.92 Å². The summed E-state index contributed by atoms with van der Waals surface area (Å²) in [5.74, 6) is -1.46. The molecule has 0 saturated carbocycles. The molecular weight excluding hydrogens is 452 g/mol. The van der Waals surface area contributed by atoms with E-state index in [9.17, 15) is 13.6 Å². The maximum absolute atomic E-state index is 14.8. The SMILES string of the molecule is CCCN=C/C(=C\N)C1CC(c2cc3nc(C)c(C)c(=O)n3c(-c3ccc(F)cc3F)n2)CCO1. The molecule has 0 bridgehead atoms. The molecule has 184 valence electrons. The van der Waals surface area contributed by atoms with Crippen LogP contribution in [0, 0.1) is 25.5 Å². The number of rotatable bonds is 6. The van der Waals surface area contributed by atoms with Crippen LogP contribution in [0.4, 0.5) is 8.78 Å². The molecule has 1 aromatic carbocycles. The lowest BCUT2D eigenvalue weighted by Crippen LogP contribution is -2.29. The van der Waals surface area contributed by atoms with Gasteiger partial charge >= 0.3 is 0 Å². The third-order valence-corrected chi connectivity index (χ3v) is 6.33. The molecular formula is C26H29F2N5O2. The number of hydrogen-bond acceptors (Lipinski definition) is 6. The highest BCUT2D eigenvalue weighted by molar-refractivity contribution is 5.79. The molecule has 1 saturated heterocycles. The third-order valence-electron chi connectivity index (χ3n) is 6.33. The molecule has 2 N–H and O–H groups in total. The number of fused-ring (bicyclic) bond motifs is 1. The molecule has 0 aliphatic carbocycles. The summed E-state index contributed by atoms with van der Waals surface area (Å²) in [6.45, 7) is 6.65. The zero-order valence-electron chi connectivity index (χ0n) is 20.1. The summed E-state index contributed by atoms with van der Waals surface area (Å²) in [5, 5.41) is 0. The Labute approximate surface area is 202 Å². The van der Waals surface area contributed by atoms with Crippen molar-refractivity contribution in [3.8, 4) is 11.4 Å². The van der Waals surface area contributed by atoms with Gasteiger partial charge < -0.3 is 10.5 Å². The Hall–Kier alpha value is -3.46. The van der Waals surface area contributed by atoms with Crippen molar-refractivity contribution in [3.05, 3.63) is 75.0 Å². The van der Waals surface area contributed by atoms with E-state index in [1.54, 1.807) is 26.1 Å². The van der Waals surface area contributed by atoms with Gasteiger partial charge in [-0.2, -0.15) is 0 Å². The fraction of sp³-hybridized carbons (Fsp3) is 0.385. The summed E-state index contributed by atoms with van der Waals surface area (Å²) in [7, 11) is 0. The second kappa shape index (κ2) is 10.4. The topological polar surface area (TPSA) is 94.9 Å². The number of aliphatic imine (C=N–C) groups is 1. The van der Waals surface area contributed by atoms with Crippen LogP contribution in [0.25, 0.3) is 17.0 Å². The first-order chi connectivity index (χ1) is 16.8. The summed E-state index contributed by atoms with van der Waals surface area (Å²) >= 11 is 0. The average Bonchev–Trinajstić information content (AvgIpc) is 2.85. The maximum Gasteiger partial charge on any atom is 0.262 e. The van der Waals surface area contributed by atoms with E-state index in [0.29, 0.717) is 48.6 Å². The van der Waals surface area contributed by atoms with Crippen molar-refractivity contribution in [2.75, 3.05) is 13.2 Å². The molecule has 0 spiro atoms. The zero-order valence-corrected chi connectivity index (χ0v) is 20.1. The molecule has 3 aromatic rings. The van der Waals surface area contributed by atoms with Gasteiger partial charge in [0, 0.05) is 66.1 Å². The first-order valence-corrected chi connectivity index (χ1v) is 11.7. The van der Waals surface area contributed by atoms with E-state index in [-0.39, 0.29) is 29.0 Å². The molecule has 3 heterocycles. The highest BCUT2D eigenvalue weighted by Crippen LogP contribution is 2.33. The van der Waals surface area contributed by atoms with Crippen LogP contribution < -0.4 is 11.3 Å². The first-order valence-electron chi connectivity index (χ1n) is 11.7. The Morgan fingerprint density at radius 2 is 2.09 bits per heavy atom. The summed E-state index contributed by atoms with van der Waals surface area (Å²) in [4.78, 5) is 26.8. The Morgan fingerprint density at radius 3 is 2.80 bits per heavy atom. The van der Waals surface area contributed by atoms with Crippen molar-refractivity contribution in [1.29, 1.82) is 0 Å². The van der Waals surface area contributed by atoms with Crippen molar-refractivity contribution in [3.63, 3.8) is 0 Å². The molecule has 9 heteroatoms. The lowest BCUT2D eigenvalue weighted by atomic mass is 9.89. The molecule has 2 atom stereocenters. The van der Waals surface area contributed by atoms with Crippen molar-refractivity contribution in [1.82, 2.24) is 14.4 Å². The largest absolute Gasteiger partial charge is 0.404 e. The van der Waals surface area contributed by atoms with E-state index in [1.165, 1.54) is 16.7 Å². The second-order valence-electron chi connectivity index (χ2n) is 8.73. The Bertz CT molecular complexity index is 1370.